The van der Waals surface area contributed by atoms with E-state index in [2.05, 4.69) is 24.9 Å². The average Bonchev–Trinajstić information content (AvgIpc) is 3.47. The highest BCUT2D eigenvalue weighted by Gasteiger charge is 2.57. The third kappa shape index (κ3) is 3.56. The zero-order valence-electron chi connectivity index (χ0n) is 15.4. The molecule has 5 rings (SSSR count). The Morgan fingerprint density at radius 3 is 2.40 bits per heavy atom. The molecule has 5 nitrogen and oxygen atoms in total. The van der Waals surface area contributed by atoms with Crippen molar-refractivity contribution in [2.45, 2.75) is 18.5 Å². The highest BCUT2D eigenvalue weighted by Crippen LogP contribution is 2.58. The molecule has 2 unspecified atom stereocenters. The van der Waals surface area contributed by atoms with Crippen molar-refractivity contribution in [3.8, 4) is 32.7 Å². The predicted octanol–water partition coefficient (Wildman–Crippen LogP) is 5.39. The van der Waals surface area contributed by atoms with E-state index >= 15 is 0 Å². The van der Waals surface area contributed by atoms with Crippen LogP contribution in [0, 0.1) is 5.92 Å². The van der Waals surface area contributed by atoms with Crippen LogP contribution in [0.1, 0.15) is 18.0 Å². The normalized spacial score (nSPS) is 18.4. The summed E-state index contributed by atoms with van der Waals surface area (Å²) in [4.78, 5) is 22.4. The minimum atomic E-state index is -4.23. The number of thiazole rings is 1. The number of hydrogen-bond donors (Lipinski definition) is 0. The Kier molecular flexibility index (Phi) is 4.54. The number of pyridine rings is 2. The molecule has 0 radical (unpaired) electrons. The van der Waals surface area contributed by atoms with Gasteiger partial charge in [0.25, 0.3) is 0 Å². The first-order chi connectivity index (χ1) is 14.5. The highest BCUT2D eigenvalue weighted by molar-refractivity contribution is 7.18. The zero-order chi connectivity index (χ0) is 20.7. The molecule has 0 N–H and O–H groups in total. The zero-order valence-corrected chi connectivity index (χ0v) is 16.2. The van der Waals surface area contributed by atoms with Gasteiger partial charge in [-0.05, 0) is 36.8 Å². The summed E-state index contributed by atoms with van der Waals surface area (Å²) in [6.07, 6.45) is 2.36. The lowest BCUT2D eigenvalue weighted by atomic mass is 10.1. The van der Waals surface area contributed by atoms with Gasteiger partial charge in [0.05, 0.1) is 22.2 Å². The number of hydrogen-bond acceptors (Lipinski definition) is 6. The molecule has 2 atom stereocenters. The summed E-state index contributed by atoms with van der Waals surface area (Å²) in [5.74, 6) is -1.56. The van der Waals surface area contributed by atoms with Crippen LogP contribution in [0.5, 0.6) is 0 Å². The Balaban J connectivity index is 1.60. The second-order valence-electron chi connectivity index (χ2n) is 6.95. The highest BCUT2D eigenvalue weighted by atomic mass is 32.1. The van der Waals surface area contributed by atoms with Crippen LogP contribution in [0.15, 0.2) is 61.2 Å². The van der Waals surface area contributed by atoms with E-state index < -0.39 is 18.0 Å². The second-order valence-corrected chi connectivity index (χ2v) is 7.94. The molecule has 1 fully saturated rings. The predicted molar refractivity (Wildman–Crippen MR) is 107 cm³/mol. The van der Waals surface area contributed by atoms with Gasteiger partial charge in [0.1, 0.15) is 10.7 Å². The van der Waals surface area contributed by atoms with E-state index in [4.69, 9.17) is 0 Å². The van der Waals surface area contributed by atoms with Gasteiger partial charge in [-0.1, -0.05) is 6.07 Å². The van der Waals surface area contributed by atoms with Gasteiger partial charge in [-0.3, -0.25) is 4.98 Å². The van der Waals surface area contributed by atoms with Crippen molar-refractivity contribution < 1.29 is 13.2 Å². The summed E-state index contributed by atoms with van der Waals surface area (Å²) in [5.41, 5.74) is 2.33. The molecular formula is C21H14F3N5S. The minimum absolute atomic E-state index is 0.0498. The molecule has 150 valence electrons. The Morgan fingerprint density at radius 1 is 0.900 bits per heavy atom. The van der Waals surface area contributed by atoms with Crippen LogP contribution in [-0.4, -0.2) is 31.1 Å². The van der Waals surface area contributed by atoms with Crippen molar-refractivity contribution in [1.82, 2.24) is 24.9 Å². The van der Waals surface area contributed by atoms with E-state index in [1.807, 2.05) is 6.07 Å². The Bertz CT molecular complexity index is 1180. The van der Waals surface area contributed by atoms with Crippen molar-refractivity contribution in [2.24, 2.45) is 5.92 Å². The van der Waals surface area contributed by atoms with Crippen LogP contribution >= 0.6 is 11.3 Å². The van der Waals surface area contributed by atoms with Gasteiger partial charge in [-0.25, -0.2) is 19.9 Å². The molecule has 0 aromatic carbocycles. The van der Waals surface area contributed by atoms with Crippen LogP contribution < -0.4 is 0 Å². The second kappa shape index (κ2) is 7.24. The fourth-order valence-electron chi connectivity index (χ4n) is 3.36. The molecule has 0 amide bonds. The minimum Gasteiger partial charge on any atom is -0.264 e. The van der Waals surface area contributed by atoms with Crippen LogP contribution in [0.2, 0.25) is 0 Å². The lowest BCUT2D eigenvalue weighted by Gasteiger charge is -2.06. The molecule has 0 aliphatic heterocycles. The first-order valence-electron chi connectivity index (χ1n) is 9.23. The van der Waals surface area contributed by atoms with Gasteiger partial charge < -0.3 is 0 Å². The van der Waals surface area contributed by atoms with Crippen LogP contribution in [0.4, 0.5) is 13.2 Å². The van der Waals surface area contributed by atoms with Gasteiger partial charge in [-0.2, -0.15) is 13.2 Å². The number of halogens is 3. The molecular weight excluding hydrogens is 411 g/mol. The van der Waals surface area contributed by atoms with E-state index in [9.17, 15) is 13.2 Å². The number of aromatic nitrogens is 5. The maximum atomic E-state index is 13.3. The third-order valence-electron chi connectivity index (χ3n) is 4.90. The summed E-state index contributed by atoms with van der Waals surface area (Å²) >= 11 is 1.33. The Hall–Kier alpha value is -3.20. The largest absolute Gasteiger partial charge is 0.392 e. The van der Waals surface area contributed by atoms with E-state index in [0.717, 1.165) is 5.56 Å². The van der Waals surface area contributed by atoms with E-state index in [-0.39, 0.29) is 6.42 Å². The molecule has 4 heterocycles. The fraction of sp³-hybridized carbons (Fsp3) is 0.190. The maximum absolute atomic E-state index is 13.3. The third-order valence-corrected chi connectivity index (χ3v) is 6.04. The van der Waals surface area contributed by atoms with Gasteiger partial charge in [-0.15, -0.1) is 11.3 Å². The van der Waals surface area contributed by atoms with Crippen LogP contribution in [0.3, 0.4) is 0 Å². The lowest BCUT2D eigenvalue weighted by molar-refractivity contribution is -0.148. The SMILES string of the molecule is FC(F)(F)C1CC1c1nc(-c2cccnc2)sc1-c1cccc(-c2ncccn2)n1. The van der Waals surface area contributed by atoms with Gasteiger partial charge >= 0.3 is 6.18 Å². The van der Waals surface area contributed by atoms with Crippen molar-refractivity contribution in [2.75, 3.05) is 0 Å². The molecule has 4 aromatic heterocycles. The van der Waals surface area contributed by atoms with Crippen molar-refractivity contribution >= 4 is 11.3 Å². The molecule has 30 heavy (non-hydrogen) atoms. The smallest absolute Gasteiger partial charge is 0.264 e. The molecule has 0 bridgehead atoms. The quantitative estimate of drug-likeness (QED) is 0.439. The molecule has 9 heteroatoms. The van der Waals surface area contributed by atoms with Crippen molar-refractivity contribution in [3.05, 3.63) is 66.9 Å². The van der Waals surface area contributed by atoms with Gasteiger partial charge in [0.15, 0.2) is 5.82 Å². The first kappa shape index (κ1) is 18.8. The Labute approximate surface area is 173 Å². The molecule has 0 saturated heterocycles. The van der Waals surface area contributed by atoms with E-state index in [1.165, 1.54) is 11.3 Å². The van der Waals surface area contributed by atoms with E-state index in [1.54, 1.807) is 55.1 Å². The standard InChI is InChI=1S/C21H14F3N5S/c22-21(23,24)14-10-13(14)17-18(30-20(29-17)12-4-2-7-25-11-12)15-5-1-6-16(28-15)19-26-8-3-9-27-19/h1-9,11,13-14H,10H2. The van der Waals surface area contributed by atoms with Crippen LogP contribution in [-0.2, 0) is 0 Å². The molecule has 1 aliphatic rings. The van der Waals surface area contributed by atoms with E-state index in [0.29, 0.717) is 32.8 Å². The van der Waals surface area contributed by atoms with Crippen LogP contribution in [0.25, 0.3) is 32.7 Å². The van der Waals surface area contributed by atoms with Crippen molar-refractivity contribution in [3.63, 3.8) is 0 Å². The summed E-state index contributed by atoms with van der Waals surface area (Å²) < 4.78 is 39.8. The maximum Gasteiger partial charge on any atom is 0.392 e. The molecule has 1 aliphatic carbocycles. The fourth-order valence-corrected chi connectivity index (χ4v) is 4.45. The van der Waals surface area contributed by atoms with Gasteiger partial charge in [0, 0.05) is 36.3 Å². The summed E-state index contributed by atoms with van der Waals surface area (Å²) in [5, 5.41) is 0.629. The number of rotatable bonds is 4. The van der Waals surface area contributed by atoms with Crippen molar-refractivity contribution in [1.29, 1.82) is 0 Å². The lowest BCUT2D eigenvalue weighted by Crippen LogP contribution is -2.11. The monoisotopic (exact) mass is 425 g/mol. The molecule has 0 spiro atoms. The number of alkyl halides is 3. The average molecular weight is 425 g/mol. The summed E-state index contributed by atoms with van der Waals surface area (Å²) in [7, 11) is 0. The Morgan fingerprint density at radius 2 is 1.70 bits per heavy atom. The molecule has 4 aromatic rings. The topological polar surface area (TPSA) is 64.5 Å². The summed E-state index contributed by atoms with van der Waals surface area (Å²) in [6.45, 7) is 0. The number of nitrogens with zero attached hydrogens (tertiary/aromatic N) is 5. The van der Waals surface area contributed by atoms with Gasteiger partial charge in [0.2, 0.25) is 0 Å². The molecule has 1 saturated carbocycles. The first-order valence-corrected chi connectivity index (χ1v) is 10.0. The summed E-state index contributed by atoms with van der Waals surface area (Å²) in [6, 6.07) is 10.7.